The fourth-order valence-electron chi connectivity index (χ4n) is 3.43. The van der Waals surface area contributed by atoms with Gasteiger partial charge in [0.2, 0.25) is 21.8 Å². The maximum Gasteiger partial charge on any atom is 0.244 e. The maximum absolute atomic E-state index is 13.5. The number of fused-ring (bicyclic) bond motifs is 1. The molecule has 148 valence electrons. The lowest BCUT2D eigenvalue weighted by atomic mass is 9.95. The fraction of sp³-hybridized carbons (Fsp3) is 0.300. The largest absolute Gasteiger partial charge is 0.358 e. The smallest absolute Gasteiger partial charge is 0.244 e. The van der Waals surface area contributed by atoms with Crippen molar-refractivity contribution >= 4 is 27.5 Å². The summed E-state index contributed by atoms with van der Waals surface area (Å²) in [6.07, 6.45) is 0.305. The highest BCUT2D eigenvalue weighted by Gasteiger charge is 2.39. The van der Waals surface area contributed by atoms with Gasteiger partial charge in [-0.05, 0) is 42.2 Å². The van der Waals surface area contributed by atoms with E-state index in [0.717, 1.165) is 11.1 Å². The molecule has 0 saturated carbocycles. The summed E-state index contributed by atoms with van der Waals surface area (Å²) in [6.45, 7) is 3.16. The Bertz CT molecular complexity index is 1030. The van der Waals surface area contributed by atoms with Gasteiger partial charge < -0.3 is 10.6 Å². The molecule has 2 N–H and O–H groups in total. The van der Waals surface area contributed by atoms with Gasteiger partial charge >= 0.3 is 0 Å². The van der Waals surface area contributed by atoms with E-state index in [1.807, 2.05) is 24.3 Å². The van der Waals surface area contributed by atoms with Crippen LogP contribution in [0.2, 0.25) is 0 Å². The van der Waals surface area contributed by atoms with Crippen molar-refractivity contribution < 1.29 is 18.0 Å². The zero-order chi connectivity index (χ0) is 20.5. The summed E-state index contributed by atoms with van der Waals surface area (Å²) in [5, 5.41) is 5.18. The van der Waals surface area contributed by atoms with Crippen molar-refractivity contribution in [3.05, 3.63) is 59.2 Å². The molecule has 3 rings (SSSR count). The summed E-state index contributed by atoms with van der Waals surface area (Å²) in [6, 6.07) is 11.4. The number of rotatable bonds is 4. The molecule has 0 fully saturated rings. The third-order valence-corrected chi connectivity index (χ3v) is 6.85. The standard InChI is InChI=1S/C20H23N3O4S/c1-13-8-9-17(22-14(2)24)11-19(13)28(26,27)23-12-16-7-5-4-6-15(16)10-18(23)20(25)21-3/h4-9,11,18H,10,12H2,1-3H3,(H,21,25)(H,22,24). The van der Waals surface area contributed by atoms with Gasteiger partial charge in [0.05, 0.1) is 4.90 Å². The number of sulfonamides is 1. The quantitative estimate of drug-likeness (QED) is 0.817. The van der Waals surface area contributed by atoms with Crippen LogP contribution < -0.4 is 10.6 Å². The monoisotopic (exact) mass is 401 g/mol. The summed E-state index contributed by atoms with van der Waals surface area (Å²) in [5.41, 5.74) is 2.78. The van der Waals surface area contributed by atoms with Crippen LogP contribution in [-0.2, 0) is 32.6 Å². The van der Waals surface area contributed by atoms with Crippen molar-refractivity contribution in [1.29, 1.82) is 0 Å². The number of likely N-dealkylation sites (N-methyl/N-ethyl adjacent to an activating group) is 1. The van der Waals surface area contributed by atoms with Crippen LogP contribution in [0.5, 0.6) is 0 Å². The van der Waals surface area contributed by atoms with Crippen LogP contribution in [0.1, 0.15) is 23.6 Å². The highest BCUT2D eigenvalue weighted by Crippen LogP contribution is 2.31. The van der Waals surface area contributed by atoms with E-state index >= 15 is 0 Å². The lowest BCUT2D eigenvalue weighted by Crippen LogP contribution is -2.51. The predicted molar refractivity (Wildman–Crippen MR) is 106 cm³/mol. The van der Waals surface area contributed by atoms with Crippen molar-refractivity contribution in [1.82, 2.24) is 9.62 Å². The second kappa shape index (κ2) is 7.73. The topological polar surface area (TPSA) is 95.6 Å². The van der Waals surface area contributed by atoms with Crippen LogP contribution in [0, 0.1) is 6.92 Å². The van der Waals surface area contributed by atoms with Gasteiger partial charge in [0, 0.05) is 26.2 Å². The number of aryl methyl sites for hydroxylation is 1. The van der Waals surface area contributed by atoms with Crippen LogP contribution >= 0.6 is 0 Å². The molecular weight excluding hydrogens is 378 g/mol. The molecule has 0 radical (unpaired) electrons. The molecule has 28 heavy (non-hydrogen) atoms. The van der Waals surface area contributed by atoms with E-state index in [-0.39, 0.29) is 23.3 Å². The minimum Gasteiger partial charge on any atom is -0.358 e. The first-order chi connectivity index (χ1) is 13.2. The highest BCUT2D eigenvalue weighted by atomic mass is 32.2. The van der Waals surface area contributed by atoms with Gasteiger partial charge in [-0.3, -0.25) is 9.59 Å². The number of hydrogen-bond acceptors (Lipinski definition) is 4. The molecule has 0 bridgehead atoms. The molecule has 0 aromatic heterocycles. The number of carbonyl (C=O) groups excluding carboxylic acids is 2. The Balaban J connectivity index is 2.08. The van der Waals surface area contributed by atoms with Crippen LogP contribution in [0.4, 0.5) is 5.69 Å². The van der Waals surface area contributed by atoms with E-state index in [0.29, 0.717) is 17.7 Å². The van der Waals surface area contributed by atoms with Gasteiger partial charge in [0.15, 0.2) is 0 Å². The number of carbonyl (C=O) groups is 2. The van der Waals surface area contributed by atoms with Gasteiger partial charge in [-0.15, -0.1) is 0 Å². The Morgan fingerprint density at radius 3 is 2.43 bits per heavy atom. The molecule has 0 spiro atoms. The van der Waals surface area contributed by atoms with Crippen LogP contribution in [0.15, 0.2) is 47.4 Å². The molecule has 1 aliphatic heterocycles. The van der Waals surface area contributed by atoms with E-state index in [9.17, 15) is 18.0 Å². The lowest BCUT2D eigenvalue weighted by molar-refractivity contribution is -0.124. The van der Waals surface area contributed by atoms with Gasteiger partial charge in [-0.2, -0.15) is 4.31 Å². The highest BCUT2D eigenvalue weighted by molar-refractivity contribution is 7.89. The summed E-state index contributed by atoms with van der Waals surface area (Å²) in [7, 11) is -2.48. The molecule has 1 heterocycles. The van der Waals surface area contributed by atoms with Crippen molar-refractivity contribution in [2.24, 2.45) is 0 Å². The Morgan fingerprint density at radius 1 is 1.11 bits per heavy atom. The minimum absolute atomic E-state index is 0.0760. The first-order valence-electron chi connectivity index (χ1n) is 8.92. The summed E-state index contributed by atoms with van der Waals surface area (Å²) >= 11 is 0. The maximum atomic E-state index is 13.5. The van der Waals surface area contributed by atoms with Crippen molar-refractivity contribution in [3.8, 4) is 0 Å². The second-order valence-electron chi connectivity index (χ2n) is 6.81. The average molecular weight is 401 g/mol. The third kappa shape index (κ3) is 3.79. The average Bonchev–Trinajstić information content (AvgIpc) is 2.67. The number of benzene rings is 2. The number of hydrogen-bond donors (Lipinski definition) is 2. The van der Waals surface area contributed by atoms with Gasteiger partial charge in [-0.25, -0.2) is 8.42 Å². The zero-order valence-electron chi connectivity index (χ0n) is 16.0. The van der Waals surface area contributed by atoms with Gasteiger partial charge in [0.1, 0.15) is 6.04 Å². The summed E-state index contributed by atoms with van der Waals surface area (Å²) in [5.74, 6) is -0.643. The molecule has 7 nitrogen and oxygen atoms in total. The van der Waals surface area contributed by atoms with Crippen LogP contribution in [-0.4, -0.2) is 37.6 Å². The van der Waals surface area contributed by atoms with E-state index < -0.39 is 16.1 Å². The van der Waals surface area contributed by atoms with Gasteiger partial charge in [0.25, 0.3) is 0 Å². The molecule has 2 aromatic rings. The lowest BCUT2D eigenvalue weighted by Gasteiger charge is -2.35. The number of amides is 2. The fourth-order valence-corrected chi connectivity index (χ4v) is 5.24. The third-order valence-electron chi connectivity index (χ3n) is 4.85. The molecule has 2 aromatic carbocycles. The second-order valence-corrected chi connectivity index (χ2v) is 8.67. The van der Waals surface area contributed by atoms with E-state index in [2.05, 4.69) is 10.6 Å². The molecule has 0 aliphatic carbocycles. The van der Waals surface area contributed by atoms with Crippen molar-refractivity contribution in [3.63, 3.8) is 0 Å². The summed E-state index contributed by atoms with van der Waals surface area (Å²) < 4.78 is 28.3. The molecule has 0 saturated heterocycles. The van der Waals surface area contributed by atoms with E-state index in [4.69, 9.17) is 0 Å². The van der Waals surface area contributed by atoms with E-state index in [1.165, 1.54) is 24.3 Å². The Labute approximate surface area is 164 Å². The first-order valence-corrected chi connectivity index (χ1v) is 10.4. The number of nitrogens with zero attached hydrogens (tertiary/aromatic N) is 1. The number of nitrogens with one attached hydrogen (secondary N) is 2. The Morgan fingerprint density at radius 2 is 1.79 bits per heavy atom. The molecule has 1 unspecified atom stereocenters. The summed E-state index contributed by atoms with van der Waals surface area (Å²) in [4.78, 5) is 23.9. The van der Waals surface area contributed by atoms with Crippen LogP contribution in [0.3, 0.4) is 0 Å². The molecule has 1 atom stereocenters. The Kier molecular flexibility index (Phi) is 5.53. The SMILES string of the molecule is CNC(=O)C1Cc2ccccc2CN1S(=O)(=O)c1cc(NC(C)=O)ccc1C. The normalized spacial score (nSPS) is 16.9. The first kappa shape index (κ1) is 20.0. The van der Waals surface area contributed by atoms with Crippen molar-refractivity contribution in [2.75, 3.05) is 12.4 Å². The molecular formula is C20H23N3O4S. The van der Waals surface area contributed by atoms with Crippen LogP contribution in [0.25, 0.3) is 0 Å². The molecule has 2 amide bonds. The molecule has 8 heteroatoms. The Hall–Kier alpha value is -2.71. The van der Waals surface area contributed by atoms with E-state index in [1.54, 1.807) is 19.1 Å². The van der Waals surface area contributed by atoms with Gasteiger partial charge in [-0.1, -0.05) is 30.3 Å². The molecule has 1 aliphatic rings. The zero-order valence-corrected chi connectivity index (χ0v) is 16.8. The minimum atomic E-state index is -3.98. The number of anilines is 1. The van der Waals surface area contributed by atoms with Crippen molar-refractivity contribution in [2.45, 2.75) is 37.8 Å². The predicted octanol–water partition coefficient (Wildman–Crippen LogP) is 1.82.